The molecular formula is C16H23NO3. The van der Waals surface area contributed by atoms with E-state index in [1.54, 1.807) is 0 Å². The van der Waals surface area contributed by atoms with E-state index < -0.39 is 6.10 Å². The van der Waals surface area contributed by atoms with Crippen molar-refractivity contribution in [2.75, 3.05) is 19.8 Å². The molecule has 3 heterocycles. The molecule has 0 radical (unpaired) electrons. The predicted molar refractivity (Wildman–Crippen MR) is 75.5 cm³/mol. The third kappa shape index (κ3) is 2.60. The minimum Gasteiger partial charge on any atom is -0.387 e. The summed E-state index contributed by atoms with van der Waals surface area (Å²) in [6.07, 6.45) is 4.02. The van der Waals surface area contributed by atoms with Gasteiger partial charge in [0.05, 0.1) is 24.0 Å². The Bertz CT molecular complexity index is 483. The van der Waals surface area contributed by atoms with Crippen LogP contribution in [0.1, 0.15) is 42.2 Å². The van der Waals surface area contributed by atoms with Crippen LogP contribution in [0.2, 0.25) is 0 Å². The Kier molecular flexibility index (Phi) is 3.80. The van der Waals surface area contributed by atoms with Crippen LogP contribution < -0.4 is 0 Å². The molecule has 0 saturated carbocycles. The zero-order valence-electron chi connectivity index (χ0n) is 12.3. The van der Waals surface area contributed by atoms with Crippen LogP contribution in [0.5, 0.6) is 0 Å². The summed E-state index contributed by atoms with van der Waals surface area (Å²) < 4.78 is 11.4. The van der Waals surface area contributed by atoms with Crippen molar-refractivity contribution in [3.05, 3.63) is 29.1 Å². The first-order valence-corrected chi connectivity index (χ1v) is 7.43. The summed E-state index contributed by atoms with van der Waals surface area (Å²) in [6.45, 7) is 6.18. The average Bonchev–Trinajstić information content (AvgIpc) is 2.86. The highest BCUT2D eigenvalue weighted by Gasteiger charge is 2.43. The van der Waals surface area contributed by atoms with E-state index in [2.05, 4.69) is 11.1 Å². The first-order valence-electron chi connectivity index (χ1n) is 7.43. The number of pyridine rings is 1. The minimum absolute atomic E-state index is 0.164. The first kappa shape index (κ1) is 14.0. The van der Waals surface area contributed by atoms with Gasteiger partial charge in [-0.05, 0) is 43.7 Å². The van der Waals surface area contributed by atoms with Crippen molar-refractivity contribution in [2.24, 2.45) is 5.92 Å². The van der Waals surface area contributed by atoms with Gasteiger partial charge in [0.2, 0.25) is 0 Å². The van der Waals surface area contributed by atoms with Gasteiger partial charge in [-0.25, -0.2) is 0 Å². The summed E-state index contributed by atoms with van der Waals surface area (Å²) >= 11 is 0. The number of rotatable bonds is 2. The normalized spacial score (nSPS) is 31.6. The van der Waals surface area contributed by atoms with E-state index in [0.717, 1.165) is 42.7 Å². The highest BCUT2D eigenvalue weighted by molar-refractivity contribution is 5.25. The van der Waals surface area contributed by atoms with E-state index in [1.807, 2.05) is 20.0 Å². The Morgan fingerprint density at radius 1 is 1.40 bits per heavy atom. The second-order valence-corrected chi connectivity index (χ2v) is 6.25. The molecule has 0 bridgehead atoms. The van der Waals surface area contributed by atoms with Crippen molar-refractivity contribution in [1.29, 1.82) is 0 Å². The standard InChI is InChI=1S/C16H23NO3/c1-11-7-12(2)14(17-9-11)15(18)13-3-5-20-16(8-13)4-6-19-10-16/h7,9,13,15,18H,3-6,8,10H2,1-2H3. The third-order valence-electron chi connectivity index (χ3n) is 4.58. The average molecular weight is 277 g/mol. The van der Waals surface area contributed by atoms with Crippen molar-refractivity contribution in [3.63, 3.8) is 0 Å². The molecule has 1 aromatic rings. The summed E-state index contributed by atoms with van der Waals surface area (Å²) in [5, 5.41) is 10.7. The number of aromatic nitrogens is 1. The van der Waals surface area contributed by atoms with Crippen molar-refractivity contribution in [3.8, 4) is 0 Å². The van der Waals surface area contributed by atoms with Gasteiger partial charge in [0.1, 0.15) is 0 Å². The lowest BCUT2D eigenvalue weighted by atomic mass is 9.80. The maximum absolute atomic E-state index is 10.7. The summed E-state index contributed by atoms with van der Waals surface area (Å²) in [6, 6.07) is 2.08. The van der Waals surface area contributed by atoms with Crippen LogP contribution in [0.15, 0.2) is 12.3 Å². The van der Waals surface area contributed by atoms with Crippen LogP contribution in [-0.2, 0) is 9.47 Å². The SMILES string of the molecule is Cc1cnc(C(O)C2CCOC3(CCOC3)C2)c(C)c1. The largest absolute Gasteiger partial charge is 0.387 e. The third-order valence-corrected chi connectivity index (χ3v) is 4.58. The van der Waals surface area contributed by atoms with E-state index >= 15 is 0 Å². The molecule has 1 N–H and O–H groups in total. The van der Waals surface area contributed by atoms with Crippen LogP contribution in [0.25, 0.3) is 0 Å². The molecule has 0 aromatic carbocycles. The minimum atomic E-state index is -0.503. The molecule has 4 heteroatoms. The van der Waals surface area contributed by atoms with Gasteiger partial charge in [-0.15, -0.1) is 0 Å². The van der Waals surface area contributed by atoms with Gasteiger partial charge >= 0.3 is 0 Å². The Morgan fingerprint density at radius 3 is 2.95 bits per heavy atom. The Labute approximate surface area is 120 Å². The lowest BCUT2D eigenvalue weighted by Gasteiger charge is -2.39. The molecular weight excluding hydrogens is 254 g/mol. The van der Waals surface area contributed by atoms with Gasteiger partial charge in [0.25, 0.3) is 0 Å². The monoisotopic (exact) mass is 277 g/mol. The number of aryl methyl sites for hydroxylation is 2. The van der Waals surface area contributed by atoms with Crippen LogP contribution in [0.4, 0.5) is 0 Å². The maximum atomic E-state index is 10.7. The van der Waals surface area contributed by atoms with Gasteiger partial charge in [-0.2, -0.15) is 0 Å². The van der Waals surface area contributed by atoms with Gasteiger partial charge in [-0.1, -0.05) is 6.07 Å². The second-order valence-electron chi connectivity index (χ2n) is 6.25. The van der Waals surface area contributed by atoms with E-state index in [1.165, 1.54) is 0 Å². The van der Waals surface area contributed by atoms with E-state index in [-0.39, 0.29) is 11.5 Å². The Balaban J connectivity index is 1.77. The lowest BCUT2D eigenvalue weighted by molar-refractivity contribution is -0.117. The first-order chi connectivity index (χ1) is 9.60. The topological polar surface area (TPSA) is 51.6 Å². The van der Waals surface area contributed by atoms with Crippen LogP contribution in [0.3, 0.4) is 0 Å². The molecule has 1 aromatic heterocycles. The summed E-state index contributed by atoms with van der Waals surface area (Å²) in [4.78, 5) is 4.45. The summed E-state index contributed by atoms with van der Waals surface area (Å²) in [7, 11) is 0. The summed E-state index contributed by atoms with van der Waals surface area (Å²) in [5.41, 5.74) is 2.85. The van der Waals surface area contributed by atoms with E-state index in [4.69, 9.17) is 9.47 Å². The molecule has 110 valence electrons. The lowest BCUT2D eigenvalue weighted by Crippen LogP contribution is -2.42. The molecule has 0 aliphatic carbocycles. The molecule has 4 nitrogen and oxygen atoms in total. The second kappa shape index (κ2) is 5.43. The Hall–Kier alpha value is -0.970. The highest BCUT2D eigenvalue weighted by Crippen LogP contribution is 2.41. The molecule has 3 rings (SSSR count). The van der Waals surface area contributed by atoms with Crippen LogP contribution in [0, 0.1) is 19.8 Å². The molecule has 2 aliphatic rings. The Morgan fingerprint density at radius 2 is 2.25 bits per heavy atom. The molecule has 0 amide bonds. The van der Waals surface area contributed by atoms with E-state index in [9.17, 15) is 5.11 Å². The molecule has 2 saturated heterocycles. The molecule has 20 heavy (non-hydrogen) atoms. The van der Waals surface area contributed by atoms with E-state index in [0.29, 0.717) is 13.2 Å². The predicted octanol–water partition coefficient (Wildman–Crippen LogP) is 2.32. The number of aliphatic hydroxyl groups excluding tert-OH is 1. The van der Waals surface area contributed by atoms with Crippen LogP contribution >= 0.6 is 0 Å². The van der Waals surface area contributed by atoms with Gasteiger partial charge < -0.3 is 14.6 Å². The maximum Gasteiger partial charge on any atom is 0.0992 e. The molecule has 3 unspecified atom stereocenters. The fraction of sp³-hybridized carbons (Fsp3) is 0.688. The van der Waals surface area contributed by atoms with Crippen molar-refractivity contribution < 1.29 is 14.6 Å². The molecule has 2 aliphatic heterocycles. The number of hydrogen-bond donors (Lipinski definition) is 1. The number of aliphatic hydroxyl groups is 1. The number of nitrogens with zero attached hydrogens (tertiary/aromatic N) is 1. The van der Waals surface area contributed by atoms with Crippen molar-refractivity contribution in [1.82, 2.24) is 4.98 Å². The fourth-order valence-electron chi connectivity index (χ4n) is 3.46. The fourth-order valence-corrected chi connectivity index (χ4v) is 3.46. The quantitative estimate of drug-likeness (QED) is 0.901. The molecule has 1 spiro atoms. The van der Waals surface area contributed by atoms with Crippen LogP contribution in [-0.4, -0.2) is 35.5 Å². The summed E-state index contributed by atoms with van der Waals surface area (Å²) in [5.74, 6) is 0.208. The molecule has 2 fully saturated rings. The smallest absolute Gasteiger partial charge is 0.0992 e. The highest BCUT2D eigenvalue weighted by atomic mass is 16.6. The zero-order chi connectivity index (χ0) is 14.2. The van der Waals surface area contributed by atoms with Gasteiger partial charge in [-0.3, -0.25) is 4.98 Å². The number of ether oxygens (including phenoxy) is 2. The van der Waals surface area contributed by atoms with Gasteiger partial charge in [0, 0.05) is 25.8 Å². The van der Waals surface area contributed by atoms with Gasteiger partial charge in [0.15, 0.2) is 0 Å². The van der Waals surface area contributed by atoms with Crippen molar-refractivity contribution >= 4 is 0 Å². The van der Waals surface area contributed by atoms with Crippen molar-refractivity contribution in [2.45, 2.75) is 44.8 Å². The number of hydrogen-bond acceptors (Lipinski definition) is 4. The zero-order valence-corrected chi connectivity index (χ0v) is 12.3. The molecule has 3 atom stereocenters.